The third-order valence-corrected chi connectivity index (χ3v) is 5.21. The third-order valence-electron chi connectivity index (χ3n) is 5.21. The van der Waals surface area contributed by atoms with Gasteiger partial charge in [-0.3, -0.25) is 4.79 Å². The molecule has 1 aliphatic heterocycles. The molecule has 1 aliphatic rings. The van der Waals surface area contributed by atoms with E-state index in [1.165, 1.54) is 4.63 Å². The van der Waals surface area contributed by atoms with Crippen LogP contribution in [0.4, 0.5) is 10.2 Å². The Hall–Kier alpha value is -3.10. The van der Waals surface area contributed by atoms with Crippen LogP contribution in [0.3, 0.4) is 0 Å². The first-order chi connectivity index (χ1) is 13.5. The first-order valence-corrected chi connectivity index (χ1v) is 9.33. The Morgan fingerprint density at radius 1 is 1.21 bits per heavy atom. The SMILES string of the molecule is CC1(NC(=O)C(F)Cc2ccccc2)CCN(c2ccc3nnnn3n2)CC1. The number of benzene rings is 1. The van der Waals surface area contributed by atoms with Crippen LogP contribution in [-0.2, 0) is 11.2 Å². The van der Waals surface area contributed by atoms with Crippen LogP contribution in [0, 0.1) is 0 Å². The van der Waals surface area contributed by atoms with Crippen LogP contribution < -0.4 is 10.2 Å². The zero-order valence-corrected chi connectivity index (χ0v) is 15.6. The molecule has 1 saturated heterocycles. The lowest BCUT2D eigenvalue weighted by molar-refractivity contribution is -0.128. The number of piperidine rings is 1. The van der Waals surface area contributed by atoms with E-state index in [-0.39, 0.29) is 6.42 Å². The van der Waals surface area contributed by atoms with Crippen molar-refractivity contribution in [3.63, 3.8) is 0 Å². The van der Waals surface area contributed by atoms with Gasteiger partial charge < -0.3 is 10.2 Å². The summed E-state index contributed by atoms with van der Waals surface area (Å²) in [7, 11) is 0. The molecular formula is C19H22FN7O. The number of aromatic nitrogens is 5. The van der Waals surface area contributed by atoms with Gasteiger partial charge in [-0.1, -0.05) is 30.3 Å². The summed E-state index contributed by atoms with van der Waals surface area (Å²) in [6.07, 6.45) is -0.0654. The maximum absolute atomic E-state index is 14.4. The zero-order valence-electron chi connectivity index (χ0n) is 15.6. The summed E-state index contributed by atoms with van der Waals surface area (Å²) in [5, 5.41) is 18.6. The number of amides is 1. The molecule has 28 heavy (non-hydrogen) atoms. The van der Waals surface area contributed by atoms with Gasteiger partial charge in [0.1, 0.15) is 0 Å². The average Bonchev–Trinajstić information content (AvgIpc) is 3.17. The van der Waals surface area contributed by atoms with E-state index in [1.807, 2.05) is 49.4 Å². The second kappa shape index (κ2) is 7.49. The molecule has 1 aromatic carbocycles. The normalized spacial score (nSPS) is 17.4. The number of nitrogens with one attached hydrogen (secondary N) is 1. The maximum atomic E-state index is 14.4. The van der Waals surface area contributed by atoms with E-state index >= 15 is 0 Å². The van der Waals surface area contributed by atoms with Gasteiger partial charge in [-0.15, -0.1) is 14.8 Å². The molecule has 1 N–H and O–H groups in total. The molecular weight excluding hydrogens is 361 g/mol. The topological polar surface area (TPSA) is 88.3 Å². The first-order valence-electron chi connectivity index (χ1n) is 9.33. The number of nitrogens with zero attached hydrogens (tertiary/aromatic N) is 6. The molecule has 1 unspecified atom stereocenters. The van der Waals surface area contributed by atoms with Crippen molar-refractivity contribution in [1.29, 1.82) is 0 Å². The fraction of sp³-hybridized carbons (Fsp3) is 0.421. The number of fused-ring (bicyclic) bond motifs is 1. The van der Waals surface area contributed by atoms with Crippen LogP contribution in [-0.4, -0.2) is 56.0 Å². The number of rotatable bonds is 5. The van der Waals surface area contributed by atoms with Crippen LogP contribution in [0.1, 0.15) is 25.3 Å². The Balaban J connectivity index is 1.34. The van der Waals surface area contributed by atoms with E-state index in [1.54, 1.807) is 0 Å². The molecule has 146 valence electrons. The summed E-state index contributed by atoms with van der Waals surface area (Å²) >= 11 is 0. The Morgan fingerprint density at radius 2 is 1.96 bits per heavy atom. The van der Waals surface area contributed by atoms with Crippen LogP contribution in [0.15, 0.2) is 42.5 Å². The summed E-state index contributed by atoms with van der Waals surface area (Å²) in [5.41, 5.74) is 0.965. The van der Waals surface area contributed by atoms with E-state index < -0.39 is 17.6 Å². The lowest BCUT2D eigenvalue weighted by Crippen LogP contribution is -2.55. The number of alkyl halides is 1. The number of halogens is 1. The highest BCUT2D eigenvalue weighted by molar-refractivity contribution is 5.81. The molecule has 4 rings (SSSR count). The van der Waals surface area contributed by atoms with Crippen molar-refractivity contribution in [3.8, 4) is 0 Å². The average molecular weight is 383 g/mol. The second-order valence-electron chi connectivity index (χ2n) is 7.41. The van der Waals surface area contributed by atoms with E-state index in [0.29, 0.717) is 31.6 Å². The van der Waals surface area contributed by atoms with Crippen molar-refractivity contribution >= 4 is 17.4 Å². The minimum absolute atomic E-state index is 0.0880. The molecule has 1 atom stereocenters. The Labute approximate surface area is 161 Å². The fourth-order valence-electron chi connectivity index (χ4n) is 3.45. The van der Waals surface area contributed by atoms with Gasteiger partial charge in [-0.25, -0.2) is 4.39 Å². The van der Waals surface area contributed by atoms with Gasteiger partial charge in [-0.05, 0) is 47.9 Å². The van der Waals surface area contributed by atoms with Gasteiger partial charge >= 0.3 is 0 Å². The van der Waals surface area contributed by atoms with Crippen molar-refractivity contribution in [2.24, 2.45) is 0 Å². The van der Waals surface area contributed by atoms with Crippen molar-refractivity contribution in [3.05, 3.63) is 48.0 Å². The number of tetrazole rings is 1. The molecule has 0 aliphatic carbocycles. The molecule has 3 aromatic rings. The van der Waals surface area contributed by atoms with Gasteiger partial charge in [0.25, 0.3) is 5.91 Å². The molecule has 0 radical (unpaired) electrons. The van der Waals surface area contributed by atoms with E-state index in [2.05, 4.69) is 30.8 Å². The molecule has 3 heterocycles. The highest BCUT2D eigenvalue weighted by Crippen LogP contribution is 2.25. The molecule has 1 fully saturated rings. The molecule has 8 nitrogen and oxygen atoms in total. The number of hydrogen-bond acceptors (Lipinski definition) is 6. The van der Waals surface area contributed by atoms with Crippen LogP contribution >= 0.6 is 0 Å². The van der Waals surface area contributed by atoms with Gasteiger partial charge in [0.2, 0.25) is 0 Å². The van der Waals surface area contributed by atoms with Crippen molar-refractivity contribution in [2.75, 3.05) is 18.0 Å². The number of carbonyl (C=O) groups is 1. The van der Waals surface area contributed by atoms with Crippen molar-refractivity contribution < 1.29 is 9.18 Å². The largest absolute Gasteiger partial charge is 0.355 e. The fourth-order valence-corrected chi connectivity index (χ4v) is 3.45. The molecule has 0 saturated carbocycles. The smallest absolute Gasteiger partial charge is 0.255 e. The predicted molar refractivity (Wildman–Crippen MR) is 102 cm³/mol. The first kappa shape index (κ1) is 18.3. The summed E-state index contributed by atoms with van der Waals surface area (Å²) < 4.78 is 15.8. The van der Waals surface area contributed by atoms with Crippen LogP contribution in [0.2, 0.25) is 0 Å². The van der Waals surface area contributed by atoms with Gasteiger partial charge in [0.15, 0.2) is 17.6 Å². The number of anilines is 1. The Morgan fingerprint density at radius 3 is 2.71 bits per heavy atom. The summed E-state index contributed by atoms with van der Waals surface area (Å²) in [4.78, 5) is 14.5. The summed E-state index contributed by atoms with van der Waals surface area (Å²) in [6.45, 7) is 3.37. The number of hydrogen-bond donors (Lipinski definition) is 1. The molecule has 2 aromatic heterocycles. The van der Waals surface area contributed by atoms with Crippen LogP contribution in [0.5, 0.6) is 0 Å². The van der Waals surface area contributed by atoms with Gasteiger partial charge in [0, 0.05) is 25.0 Å². The van der Waals surface area contributed by atoms with E-state index in [4.69, 9.17) is 0 Å². The highest BCUT2D eigenvalue weighted by atomic mass is 19.1. The predicted octanol–water partition coefficient (Wildman–Crippen LogP) is 1.58. The number of carbonyl (C=O) groups excluding carboxylic acids is 1. The summed E-state index contributed by atoms with van der Waals surface area (Å²) in [6, 6.07) is 12.9. The summed E-state index contributed by atoms with van der Waals surface area (Å²) in [5.74, 6) is 0.230. The van der Waals surface area contributed by atoms with Crippen LogP contribution in [0.25, 0.3) is 5.65 Å². The molecule has 9 heteroatoms. The van der Waals surface area contributed by atoms with Crippen molar-refractivity contribution in [2.45, 2.75) is 37.9 Å². The van der Waals surface area contributed by atoms with Crippen molar-refractivity contribution in [1.82, 2.24) is 30.6 Å². The maximum Gasteiger partial charge on any atom is 0.255 e. The Kier molecular flexibility index (Phi) is 4.89. The minimum atomic E-state index is -1.55. The molecule has 0 spiro atoms. The van der Waals surface area contributed by atoms with Gasteiger partial charge in [0.05, 0.1) is 0 Å². The quantitative estimate of drug-likeness (QED) is 0.720. The second-order valence-corrected chi connectivity index (χ2v) is 7.41. The Bertz CT molecular complexity index is 953. The lowest BCUT2D eigenvalue weighted by atomic mass is 9.89. The highest BCUT2D eigenvalue weighted by Gasteiger charge is 2.34. The standard InChI is InChI=1S/C19H22FN7O/c1-19(21-18(28)15(20)13-14-5-3-2-4-6-14)9-11-26(12-10-19)17-8-7-16-22-24-25-27(16)23-17/h2-8,15H,9-13H2,1H3,(H,21,28). The van der Waals surface area contributed by atoms with Gasteiger partial charge in [-0.2, -0.15) is 0 Å². The van der Waals surface area contributed by atoms with E-state index in [0.717, 1.165) is 11.4 Å². The monoisotopic (exact) mass is 383 g/mol. The zero-order chi connectivity index (χ0) is 19.6. The molecule has 0 bridgehead atoms. The van der Waals surface area contributed by atoms with E-state index in [9.17, 15) is 9.18 Å². The molecule has 1 amide bonds. The lowest BCUT2D eigenvalue weighted by Gasteiger charge is -2.40. The third kappa shape index (κ3) is 3.92. The minimum Gasteiger partial charge on any atom is -0.355 e.